The lowest BCUT2D eigenvalue weighted by atomic mass is 9.93. The van der Waals surface area contributed by atoms with Crippen molar-refractivity contribution in [3.05, 3.63) is 48.0 Å². The topological polar surface area (TPSA) is 6.48 Å². The van der Waals surface area contributed by atoms with E-state index in [0.717, 1.165) is 17.8 Å². The number of fused-ring (bicyclic) bond motifs is 2. The fraction of sp³-hybridized carbons (Fsp3) is 0.619. The zero-order valence-electron chi connectivity index (χ0n) is 14.2. The molecule has 23 heavy (non-hydrogen) atoms. The van der Waals surface area contributed by atoms with Crippen LogP contribution in [0.2, 0.25) is 0 Å². The first-order valence-electron chi connectivity index (χ1n) is 9.54. The maximum atomic E-state index is 2.73. The second kappa shape index (κ2) is 7.19. The van der Waals surface area contributed by atoms with Gasteiger partial charge in [0, 0.05) is 32.7 Å². The van der Waals surface area contributed by atoms with Crippen LogP contribution in [0.15, 0.2) is 42.5 Å². The Bertz CT molecular complexity index is 516. The van der Waals surface area contributed by atoms with E-state index in [1.807, 2.05) is 0 Å². The van der Waals surface area contributed by atoms with E-state index in [9.17, 15) is 0 Å². The van der Waals surface area contributed by atoms with Crippen molar-refractivity contribution in [3.63, 3.8) is 0 Å². The third kappa shape index (κ3) is 3.87. The minimum atomic E-state index is 0.906. The second-order valence-electron chi connectivity index (χ2n) is 7.77. The Morgan fingerprint density at radius 1 is 0.870 bits per heavy atom. The largest absolute Gasteiger partial charge is 0.301 e. The summed E-state index contributed by atoms with van der Waals surface area (Å²) in [5.41, 5.74) is 1.48. The Labute approximate surface area is 141 Å². The molecule has 2 fully saturated rings. The van der Waals surface area contributed by atoms with Crippen molar-refractivity contribution < 1.29 is 0 Å². The molecule has 1 aliphatic heterocycles. The molecular weight excluding hydrogens is 280 g/mol. The summed E-state index contributed by atoms with van der Waals surface area (Å²) in [6.45, 7) is 7.71. The normalized spacial score (nSPS) is 31.0. The Morgan fingerprint density at radius 2 is 1.65 bits per heavy atom. The minimum absolute atomic E-state index is 0.906. The van der Waals surface area contributed by atoms with Gasteiger partial charge in [0.2, 0.25) is 0 Å². The van der Waals surface area contributed by atoms with Gasteiger partial charge in [-0.3, -0.25) is 0 Å². The average Bonchev–Trinajstić information content (AvgIpc) is 3.20. The Hall–Kier alpha value is -1.12. The smallest absolute Gasteiger partial charge is 0.0110 e. The number of allylic oxidation sites excluding steroid dienone is 2. The number of aryl methyl sites for hydroxylation is 1. The molecule has 0 amide bonds. The number of piperazine rings is 1. The zero-order chi connectivity index (χ0) is 15.5. The molecule has 3 atom stereocenters. The van der Waals surface area contributed by atoms with Crippen molar-refractivity contribution >= 4 is 0 Å². The van der Waals surface area contributed by atoms with Crippen molar-refractivity contribution in [2.24, 2.45) is 17.8 Å². The summed E-state index contributed by atoms with van der Waals surface area (Å²) in [6, 6.07) is 10.9. The lowest BCUT2D eigenvalue weighted by Gasteiger charge is -2.37. The molecule has 0 radical (unpaired) electrons. The number of hydrogen-bond donors (Lipinski definition) is 0. The van der Waals surface area contributed by atoms with Crippen molar-refractivity contribution in [1.82, 2.24) is 9.80 Å². The van der Waals surface area contributed by atoms with Gasteiger partial charge >= 0.3 is 0 Å². The third-order valence-electron chi connectivity index (χ3n) is 6.16. The van der Waals surface area contributed by atoms with E-state index in [0.29, 0.717) is 0 Å². The van der Waals surface area contributed by atoms with E-state index in [2.05, 4.69) is 52.3 Å². The van der Waals surface area contributed by atoms with Gasteiger partial charge in [-0.15, -0.1) is 0 Å². The van der Waals surface area contributed by atoms with Crippen LogP contribution < -0.4 is 0 Å². The summed E-state index contributed by atoms with van der Waals surface area (Å²) in [5, 5.41) is 0. The highest BCUT2D eigenvalue weighted by Gasteiger charge is 2.36. The lowest BCUT2D eigenvalue weighted by molar-refractivity contribution is 0.112. The highest BCUT2D eigenvalue weighted by Crippen LogP contribution is 2.43. The Morgan fingerprint density at radius 3 is 2.35 bits per heavy atom. The predicted octanol–water partition coefficient (Wildman–Crippen LogP) is 3.45. The molecular formula is C21H30N2. The summed E-state index contributed by atoms with van der Waals surface area (Å²) in [4.78, 5) is 5.40. The number of nitrogens with zero attached hydrogens (tertiary/aromatic N) is 2. The molecule has 1 aromatic rings. The van der Waals surface area contributed by atoms with Crippen LogP contribution in [0.3, 0.4) is 0 Å². The maximum absolute atomic E-state index is 2.73. The summed E-state index contributed by atoms with van der Waals surface area (Å²) < 4.78 is 0. The lowest BCUT2D eigenvalue weighted by Crippen LogP contribution is -2.48. The highest BCUT2D eigenvalue weighted by atomic mass is 15.3. The van der Waals surface area contributed by atoms with Crippen LogP contribution in [0.4, 0.5) is 0 Å². The molecule has 2 nitrogen and oxygen atoms in total. The zero-order valence-corrected chi connectivity index (χ0v) is 14.2. The van der Waals surface area contributed by atoms with Crippen molar-refractivity contribution in [1.29, 1.82) is 0 Å². The molecule has 2 heteroatoms. The first-order chi connectivity index (χ1) is 11.4. The third-order valence-corrected chi connectivity index (χ3v) is 6.16. The van der Waals surface area contributed by atoms with Crippen LogP contribution in [0.1, 0.15) is 24.8 Å². The average molecular weight is 310 g/mol. The van der Waals surface area contributed by atoms with E-state index in [-0.39, 0.29) is 0 Å². The standard InChI is InChI=1S/C21H30N2/c1-2-5-18(6-3-1)7-4-10-22-11-13-23(14-12-22)17-21-16-19-8-9-20(21)15-19/h1-3,5-6,8-9,19-21H,4,7,10-17H2/t19-,20+,21+/m1/s1. The maximum Gasteiger partial charge on any atom is 0.0110 e. The second-order valence-corrected chi connectivity index (χ2v) is 7.77. The molecule has 0 spiro atoms. The molecule has 0 N–H and O–H groups in total. The fourth-order valence-corrected chi connectivity index (χ4v) is 4.78. The number of hydrogen-bond acceptors (Lipinski definition) is 2. The molecule has 1 saturated heterocycles. The van der Waals surface area contributed by atoms with Crippen LogP contribution in [0.25, 0.3) is 0 Å². The van der Waals surface area contributed by atoms with Crippen LogP contribution in [0.5, 0.6) is 0 Å². The molecule has 2 bridgehead atoms. The molecule has 1 saturated carbocycles. The summed E-state index contributed by atoms with van der Waals surface area (Å²) in [5.74, 6) is 2.78. The molecule has 0 unspecified atom stereocenters. The molecule has 3 aliphatic rings. The van der Waals surface area contributed by atoms with E-state index in [1.165, 1.54) is 70.5 Å². The van der Waals surface area contributed by atoms with Gasteiger partial charge in [0.1, 0.15) is 0 Å². The van der Waals surface area contributed by atoms with Gasteiger partial charge in [0.15, 0.2) is 0 Å². The van der Waals surface area contributed by atoms with E-state index >= 15 is 0 Å². The number of benzene rings is 1. The molecule has 4 rings (SSSR count). The molecule has 1 aromatic carbocycles. The quantitative estimate of drug-likeness (QED) is 0.743. The Balaban J connectivity index is 1.14. The van der Waals surface area contributed by atoms with E-state index in [1.54, 1.807) is 0 Å². The van der Waals surface area contributed by atoms with Gasteiger partial charge in [-0.05, 0) is 55.5 Å². The van der Waals surface area contributed by atoms with Crippen LogP contribution in [-0.4, -0.2) is 49.1 Å². The molecule has 0 aromatic heterocycles. The van der Waals surface area contributed by atoms with Gasteiger partial charge in [-0.1, -0.05) is 42.5 Å². The summed E-state index contributed by atoms with van der Waals surface area (Å²) in [7, 11) is 0. The summed E-state index contributed by atoms with van der Waals surface area (Å²) in [6.07, 6.45) is 10.4. The van der Waals surface area contributed by atoms with Crippen LogP contribution in [-0.2, 0) is 6.42 Å². The van der Waals surface area contributed by atoms with E-state index in [4.69, 9.17) is 0 Å². The summed E-state index contributed by atoms with van der Waals surface area (Å²) >= 11 is 0. The molecule has 124 valence electrons. The highest BCUT2D eigenvalue weighted by molar-refractivity contribution is 5.14. The van der Waals surface area contributed by atoms with Crippen LogP contribution in [0, 0.1) is 17.8 Å². The predicted molar refractivity (Wildman–Crippen MR) is 96.5 cm³/mol. The Kier molecular flexibility index (Phi) is 4.82. The molecule has 2 aliphatic carbocycles. The number of rotatable bonds is 6. The molecule has 1 heterocycles. The van der Waals surface area contributed by atoms with Gasteiger partial charge in [-0.25, -0.2) is 0 Å². The first kappa shape index (κ1) is 15.4. The van der Waals surface area contributed by atoms with Crippen molar-refractivity contribution in [2.45, 2.75) is 25.7 Å². The van der Waals surface area contributed by atoms with Crippen LogP contribution >= 0.6 is 0 Å². The van der Waals surface area contributed by atoms with Crippen molar-refractivity contribution in [3.8, 4) is 0 Å². The van der Waals surface area contributed by atoms with Gasteiger partial charge in [0.25, 0.3) is 0 Å². The fourth-order valence-electron chi connectivity index (χ4n) is 4.78. The monoisotopic (exact) mass is 310 g/mol. The SMILES string of the molecule is C1=C[C@H]2C[C@@H]1C[C@H]2CN1CCN(CCCc2ccccc2)CC1. The van der Waals surface area contributed by atoms with E-state index < -0.39 is 0 Å². The minimum Gasteiger partial charge on any atom is -0.301 e. The van der Waals surface area contributed by atoms with Gasteiger partial charge in [0.05, 0.1) is 0 Å². The van der Waals surface area contributed by atoms with Gasteiger partial charge in [-0.2, -0.15) is 0 Å². The van der Waals surface area contributed by atoms with Crippen molar-refractivity contribution in [2.75, 3.05) is 39.3 Å². The first-order valence-corrected chi connectivity index (χ1v) is 9.54. The van der Waals surface area contributed by atoms with Gasteiger partial charge < -0.3 is 9.80 Å².